The molecular formula is C23H34N6O. The molecule has 1 aliphatic heterocycles. The highest BCUT2D eigenvalue weighted by Crippen LogP contribution is 2.35. The number of hydrogen-bond donors (Lipinski definition) is 2. The maximum absolute atomic E-state index is 5.83. The highest BCUT2D eigenvalue weighted by atomic mass is 16.5. The third-order valence-electron chi connectivity index (χ3n) is 6.51. The van der Waals surface area contributed by atoms with Crippen LogP contribution in [0, 0.1) is 12.3 Å². The van der Waals surface area contributed by atoms with E-state index in [1.807, 2.05) is 30.7 Å². The number of fused-ring (bicyclic) bond motifs is 1. The lowest BCUT2D eigenvalue weighted by Crippen LogP contribution is -2.47. The van der Waals surface area contributed by atoms with E-state index in [0.29, 0.717) is 24.6 Å². The molecule has 4 rings (SSSR count). The van der Waals surface area contributed by atoms with Gasteiger partial charge in [0, 0.05) is 25.1 Å². The highest BCUT2D eigenvalue weighted by molar-refractivity contribution is 5.80. The van der Waals surface area contributed by atoms with Crippen LogP contribution >= 0.6 is 0 Å². The summed E-state index contributed by atoms with van der Waals surface area (Å²) in [6.07, 6.45) is 5.72. The van der Waals surface area contributed by atoms with Crippen LogP contribution in [0.3, 0.4) is 0 Å². The summed E-state index contributed by atoms with van der Waals surface area (Å²) in [5.74, 6) is 3.58. The number of nitrogens with zero attached hydrogens (tertiary/aromatic N) is 4. The number of benzene rings is 1. The van der Waals surface area contributed by atoms with Gasteiger partial charge in [-0.2, -0.15) is 0 Å². The summed E-state index contributed by atoms with van der Waals surface area (Å²) >= 11 is 0. The van der Waals surface area contributed by atoms with E-state index in [2.05, 4.69) is 46.8 Å². The first-order valence-electron chi connectivity index (χ1n) is 11.1. The summed E-state index contributed by atoms with van der Waals surface area (Å²) in [6.45, 7) is 7.90. The monoisotopic (exact) mass is 410 g/mol. The normalized spacial score (nSPS) is 21.6. The maximum atomic E-state index is 5.83. The minimum absolute atomic E-state index is 0.183. The number of hydrogen-bond acceptors (Lipinski definition) is 4. The van der Waals surface area contributed by atoms with Gasteiger partial charge in [0.2, 0.25) is 0 Å². The topological polar surface area (TPSA) is 76.4 Å². The Morgan fingerprint density at radius 1 is 1.17 bits per heavy atom. The molecule has 2 aliphatic rings. The molecule has 0 saturated heterocycles. The molecule has 1 fully saturated rings. The quantitative estimate of drug-likeness (QED) is 0.594. The van der Waals surface area contributed by atoms with Crippen molar-refractivity contribution >= 4 is 5.96 Å². The Morgan fingerprint density at radius 3 is 2.67 bits per heavy atom. The van der Waals surface area contributed by atoms with Gasteiger partial charge in [-0.25, -0.2) is 4.99 Å². The third kappa shape index (κ3) is 4.77. The third-order valence-corrected chi connectivity index (χ3v) is 6.51. The van der Waals surface area contributed by atoms with Crippen molar-refractivity contribution in [3.05, 3.63) is 41.5 Å². The van der Waals surface area contributed by atoms with Crippen molar-refractivity contribution in [3.63, 3.8) is 0 Å². The molecule has 2 N–H and O–H groups in total. The molecule has 30 heavy (non-hydrogen) atoms. The standard InChI is InChI=1S/C23H34N6O/c1-16-27-28-21(29(16)4)15-24-22(25-17-9-12-23(2,3)13-10-17)26-19-11-14-30-20-8-6-5-7-18(19)20/h5-8,17,19H,9-15H2,1-4H3,(H2,24,25,26). The lowest BCUT2D eigenvalue weighted by Gasteiger charge is -2.36. The predicted molar refractivity (Wildman–Crippen MR) is 118 cm³/mol. The highest BCUT2D eigenvalue weighted by Gasteiger charge is 2.28. The number of aromatic nitrogens is 3. The van der Waals surface area contributed by atoms with E-state index in [4.69, 9.17) is 9.73 Å². The zero-order valence-electron chi connectivity index (χ0n) is 18.6. The van der Waals surface area contributed by atoms with Gasteiger partial charge in [-0.05, 0) is 44.1 Å². The molecule has 1 aromatic carbocycles. The number of aryl methyl sites for hydroxylation is 1. The molecule has 7 nitrogen and oxygen atoms in total. The molecule has 0 bridgehead atoms. The van der Waals surface area contributed by atoms with Crippen molar-refractivity contribution in [2.24, 2.45) is 17.5 Å². The first-order valence-corrected chi connectivity index (χ1v) is 11.1. The van der Waals surface area contributed by atoms with Crippen LogP contribution in [0.1, 0.15) is 69.2 Å². The van der Waals surface area contributed by atoms with Crippen molar-refractivity contribution in [2.75, 3.05) is 6.61 Å². The van der Waals surface area contributed by atoms with Crippen LogP contribution in [0.4, 0.5) is 0 Å². The van der Waals surface area contributed by atoms with Crippen molar-refractivity contribution in [3.8, 4) is 5.75 Å². The average Bonchev–Trinajstić information content (AvgIpc) is 3.06. The molecule has 0 amide bonds. The van der Waals surface area contributed by atoms with Crippen LogP contribution < -0.4 is 15.4 Å². The van der Waals surface area contributed by atoms with Crippen LogP contribution in [0.5, 0.6) is 5.75 Å². The summed E-state index contributed by atoms with van der Waals surface area (Å²) in [5.41, 5.74) is 1.64. The average molecular weight is 411 g/mol. The molecular weight excluding hydrogens is 376 g/mol. The smallest absolute Gasteiger partial charge is 0.192 e. The maximum Gasteiger partial charge on any atom is 0.192 e. The molecule has 1 saturated carbocycles. The molecule has 0 spiro atoms. The van der Waals surface area contributed by atoms with E-state index in [0.717, 1.165) is 29.8 Å². The van der Waals surface area contributed by atoms with Gasteiger partial charge in [0.15, 0.2) is 11.8 Å². The Labute approximate surface area is 179 Å². The molecule has 1 unspecified atom stereocenters. The number of nitrogens with one attached hydrogen (secondary N) is 2. The van der Waals surface area contributed by atoms with Crippen LogP contribution in [-0.4, -0.2) is 33.4 Å². The number of aliphatic imine (C=N–C) groups is 1. The zero-order valence-corrected chi connectivity index (χ0v) is 18.6. The van der Waals surface area contributed by atoms with Crippen molar-refractivity contribution in [2.45, 2.75) is 71.5 Å². The Balaban J connectivity index is 1.51. The molecule has 1 atom stereocenters. The second-order valence-corrected chi connectivity index (χ2v) is 9.34. The van der Waals surface area contributed by atoms with Crippen molar-refractivity contribution < 1.29 is 4.74 Å². The van der Waals surface area contributed by atoms with E-state index in [1.165, 1.54) is 31.2 Å². The second-order valence-electron chi connectivity index (χ2n) is 9.34. The van der Waals surface area contributed by atoms with Gasteiger partial charge in [0.1, 0.15) is 18.1 Å². The fraction of sp³-hybridized carbons (Fsp3) is 0.609. The lowest BCUT2D eigenvalue weighted by atomic mass is 9.75. The first kappa shape index (κ1) is 20.7. The van der Waals surface area contributed by atoms with Crippen LogP contribution in [-0.2, 0) is 13.6 Å². The molecule has 7 heteroatoms. The zero-order chi connectivity index (χ0) is 21.1. The Hall–Kier alpha value is -2.57. The van der Waals surface area contributed by atoms with Gasteiger partial charge in [0.25, 0.3) is 0 Å². The second kappa shape index (κ2) is 8.66. The Morgan fingerprint density at radius 2 is 1.93 bits per heavy atom. The van der Waals surface area contributed by atoms with Gasteiger partial charge in [0.05, 0.1) is 12.6 Å². The molecule has 2 heterocycles. The van der Waals surface area contributed by atoms with E-state index in [1.54, 1.807) is 0 Å². The lowest BCUT2D eigenvalue weighted by molar-refractivity contribution is 0.215. The molecule has 0 radical (unpaired) electrons. The summed E-state index contributed by atoms with van der Waals surface area (Å²) < 4.78 is 7.83. The van der Waals surface area contributed by atoms with E-state index in [-0.39, 0.29) is 6.04 Å². The molecule has 2 aromatic rings. The SMILES string of the molecule is Cc1nnc(CN=C(NC2CCC(C)(C)CC2)NC2CCOc3ccccc32)n1C. The van der Waals surface area contributed by atoms with Crippen LogP contribution in [0.25, 0.3) is 0 Å². The fourth-order valence-electron chi connectivity index (χ4n) is 4.27. The van der Waals surface area contributed by atoms with Gasteiger partial charge < -0.3 is 19.9 Å². The van der Waals surface area contributed by atoms with Gasteiger partial charge in [-0.3, -0.25) is 0 Å². The van der Waals surface area contributed by atoms with E-state index >= 15 is 0 Å². The van der Waals surface area contributed by atoms with Crippen molar-refractivity contribution in [1.82, 2.24) is 25.4 Å². The minimum atomic E-state index is 0.183. The largest absolute Gasteiger partial charge is 0.493 e. The first-order chi connectivity index (χ1) is 14.4. The Kier molecular flexibility index (Phi) is 5.97. The Bertz CT molecular complexity index is 893. The number of para-hydroxylation sites is 1. The molecule has 1 aromatic heterocycles. The minimum Gasteiger partial charge on any atom is -0.493 e. The summed E-state index contributed by atoms with van der Waals surface area (Å²) in [6, 6.07) is 8.90. The van der Waals surface area contributed by atoms with Gasteiger partial charge in [-0.1, -0.05) is 32.0 Å². The molecule has 1 aliphatic carbocycles. The van der Waals surface area contributed by atoms with Gasteiger partial charge in [-0.15, -0.1) is 10.2 Å². The molecule has 162 valence electrons. The van der Waals surface area contributed by atoms with Crippen LogP contribution in [0.2, 0.25) is 0 Å². The van der Waals surface area contributed by atoms with Crippen molar-refractivity contribution in [1.29, 1.82) is 0 Å². The predicted octanol–water partition coefficient (Wildman–Crippen LogP) is 3.65. The summed E-state index contributed by atoms with van der Waals surface area (Å²) in [7, 11) is 1.98. The number of rotatable bonds is 4. The number of ether oxygens (including phenoxy) is 1. The van der Waals surface area contributed by atoms with E-state index < -0.39 is 0 Å². The fourth-order valence-corrected chi connectivity index (χ4v) is 4.27. The number of guanidine groups is 1. The van der Waals surface area contributed by atoms with Gasteiger partial charge >= 0.3 is 0 Å². The summed E-state index contributed by atoms with van der Waals surface area (Å²) in [4.78, 5) is 4.90. The summed E-state index contributed by atoms with van der Waals surface area (Å²) in [5, 5.41) is 15.8. The van der Waals surface area contributed by atoms with Crippen LogP contribution in [0.15, 0.2) is 29.3 Å². The van der Waals surface area contributed by atoms with E-state index in [9.17, 15) is 0 Å².